The van der Waals surface area contributed by atoms with Crippen LogP contribution < -0.4 is 26.2 Å². The molecule has 129 heavy (non-hydrogen) atoms. The third-order valence-corrected chi connectivity index (χ3v) is 26.0. The summed E-state index contributed by atoms with van der Waals surface area (Å²) in [6, 6.07) is 26.4. The number of benzene rings is 14. The lowest BCUT2D eigenvalue weighted by atomic mass is 9.33. The molecule has 2 aliphatic rings. The highest BCUT2D eigenvalue weighted by molar-refractivity contribution is 7.00. The van der Waals surface area contributed by atoms with Gasteiger partial charge in [0.25, 0.3) is 6.71 Å². The van der Waals surface area contributed by atoms with Gasteiger partial charge >= 0.3 is 0 Å². The number of fused-ring (bicyclic) bond motifs is 10. The van der Waals surface area contributed by atoms with Gasteiger partial charge in [-0.25, -0.2) is 0 Å². The van der Waals surface area contributed by atoms with Gasteiger partial charge in [-0.15, -0.1) is 0 Å². The maximum Gasteiger partial charge on any atom is 0.252 e. The SMILES string of the molecule is [2H]c1c([2H])c(C(C)(C)C)c([2H])c([2H])c1-c1c([2H])c(C(C)(C)C)c([2H])c(-c2c([2H])c(C(C)(C)C)c([2H])c([2H])c2C(C)(C)C)c1N1c2cc(-c3cc(C(C)(C)C)cc(C(C)(C)C)c3)ccc2B2c3ccc(-n4c5c([2H])c([2H])c([2H])c([2H])c5c5c([2H])c([2H])c([2H])c([2H])c54)cc3N(c3c(-c4ccccc4C(C)(C)C)cc(C(C)(C)C)cc3-c3ccc(C(C)(C)C)cc3C(C)(C)C)c3cc(-n4c5c([2H])c([2H])c([2H])c([2H])c5c5c([2H])c([2H])c([2H])c([2H])c54)cc1c32. The lowest BCUT2D eigenvalue weighted by Gasteiger charge is -2.46. The highest BCUT2D eigenvalue weighted by Crippen LogP contribution is 2.59. The summed E-state index contributed by atoms with van der Waals surface area (Å²) < 4.78 is 263. The molecule has 14 aromatic carbocycles. The van der Waals surface area contributed by atoms with Crippen molar-refractivity contribution < 1.29 is 34.3 Å². The van der Waals surface area contributed by atoms with E-state index in [2.05, 4.69) is 190 Å². The summed E-state index contributed by atoms with van der Waals surface area (Å²) in [5, 5.41) is -0.987. The Kier molecular flexibility index (Phi) is 14.8. The molecule has 4 nitrogen and oxygen atoms in total. The average molecular weight is 1720 g/mol. The van der Waals surface area contributed by atoms with Gasteiger partial charge in [-0.1, -0.05) is 401 Å². The first-order valence-corrected chi connectivity index (χ1v) is 45.4. The minimum Gasteiger partial charge on any atom is -0.310 e. The molecule has 0 unspecified atom stereocenters. The van der Waals surface area contributed by atoms with Crippen molar-refractivity contribution in [1.29, 1.82) is 0 Å². The molecule has 18 rings (SSSR count). The highest BCUT2D eigenvalue weighted by Gasteiger charge is 2.48. The fraction of sp³-hybridized carbons (Fsp3) is 0.323. The van der Waals surface area contributed by atoms with E-state index in [9.17, 15) is 34.3 Å². The second-order valence-corrected chi connectivity index (χ2v) is 46.1. The monoisotopic (exact) mass is 1720 g/mol. The molecule has 0 bridgehead atoms. The molecule has 654 valence electrons. The second kappa shape index (κ2) is 30.5. The quantitative estimate of drug-likeness (QED) is 0.134. The van der Waals surface area contributed by atoms with Crippen molar-refractivity contribution in [2.24, 2.45) is 0 Å². The topological polar surface area (TPSA) is 16.3 Å². The zero-order chi connectivity index (χ0) is 114. The molecule has 0 spiro atoms. The number of hydrogen-bond donors (Lipinski definition) is 0. The van der Waals surface area contributed by atoms with E-state index >= 15 is 0 Å². The van der Waals surface area contributed by atoms with Gasteiger partial charge in [0.1, 0.15) is 0 Å². The molecule has 0 amide bonds. The van der Waals surface area contributed by atoms with Crippen LogP contribution in [0.15, 0.2) is 272 Å². The van der Waals surface area contributed by atoms with Gasteiger partial charge < -0.3 is 18.9 Å². The van der Waals surface area contributed by atoms with Crippen LogP contribution in [0.3, 0.4) is 0 Å². The van der Waals surface area contributed by atoms with Crippen molar-refractivity contribution in [3.05, 3.63) is 328 Å². The van der Waals surface area contributed by atoms with Crippen molar-refractivity contribution in [3.8, 4) is 67.0 Å². The Morgan fingerprint density at radius 3 is 1.10 bits per heavy atom. The molecule has 2 aromatic heterocycles. The van der Waals surface area contributed by atoms with E-state index in [1.54, 1.807) is 32.9 Å². The van der Waals surface area contributed by atoms with Crippen molar-refractivity contribution in [1.82, 2.24) is 9.13 Å². The van der Waals surface area contributed by atoms with Crippen LogP contribution in [0, 0.1) is 0 Å². The molecule has 0 atom stereocenters. The highest BCUT2D eigenvalue weighted by atomic mass is 15.2. The number of nitrogens with zero attached hydrogens (tertiary/aromatic N) is 4. The standard InChI is InChI=1S/C124H135BN4/c1-115(2,3)79-54-51-76(52-55-79)94-68-84(120(16,17)18)71-98(95-67-80(116(4,5)6)57-60-100(95)123(25,26)27)113(94)128-108-65-77(78-63-82(118(10,11)12)66-83(64-78)119(13,14)15)53-61-102(108)125-103-62-58-86(126-104-47-37-32-42-90(104)91-43-33-38-48-105(91)126)73-109(103)129(111-75-87(74-110(128)112(111)125)127-106-49-39-34-44-92(106)93-45-35-40-50-107(93)127)114-96(88-41-31-36-46-99(88)122(22,23)24)69-85(121(19,20)21)70-97(114)89-59-56-81(117(7,8)9)72-101(89)124(28,29)30/h31-75H,1-30H3/i32D,33D,34D,35D,37D,38D,39D,40D,42D,43D,44D,45D,47D,48D,49D,50D,51D,52D,54D,55D,57D,60D,67D,68D,71D. The van der Waals surface area contributed by atoms with Gasteiger partial charge in [-0.3, -0.25) is 0 Å². The Morgan fingerprint density at radius 1 is 0.233 bits per heavy atom. The van der Waals surface area contributed by atoms with Crippen LogP contribution in [-0.2, 0) is 54.1 Å². The predicted molar refractivity (Wildman–Crippen MR) is 563 cm³/mol. The molecule has 0 N–H and O–H groups in total. The molecule has 0 saturated heterocycles. The van der Waals surface area contributed by atoms with E-state index in [4.69, 9.17) is 0 Å². The smallest absolute Gasteiger partial charge is 0.252 e. The third kappa shape index (κ3) is 15.5. The Balaban J connectivity index is 1.24. The summed E-state index contributed by atoms with van der Waals surface area (Å²) in [5.41, 5.74) is 1.95. The number of rotatable bonds is 9. The number of hydrogen-bond acceptors (Lipinski definition) is 2. The molecule has 16 aromatic rings. The minimum atomic E-state index is -1.31. The molecule has 4 heterocycles. The van der Waals surface area contributed by atoms with Gasteiger partial charge in [0, 0.05) is 72.2 Å². The Bertz CT molecular complexity index is 8600. The van der Waals surface area contributed by atoms with Crippen LogP contribution >= 0.6 is 0 Å². The van der Waals surface area contributed by atoms with Gasteiger partial charge in [-0.05, 0) is 238 Å². The molecule has 0 saturated carbocycles. The fourth-order valence-corrected chi connectivity index (χ4v) is 18.7. The molecule has 0 aliphatic carbocycles. The maximum absolute atomic E-state index is 12.0. The van der Waals surface area contributed by atoms with Crippen LogP contribution in [-0.4, -0.2) is 15.8 Å². The molecule has 0 radical (unpaired) electrons. The maximum atomic E-state index is 12.0. The Morgan fingerprint density at radius 2 is 0.628 bits per heavy atom. The van der Waals surface area contributed by atoms with E-state index in [0.717, 1.165) is 44.5 Å². The van der Waals surface area contributed by atoms with E-state index in [1.165, 1.54) is 9.13 Å². The summed E-state index contributed by atoms with van der Waals surface area (Å²) in [7, 11) is 0. The van der Waals surface area contributed by atoms with Crippen molar-refractivity contribution in [3.63, 3.8) is 0 Å². The minimum absolute atomic E-state index is 0.0164. The van der Waals surface area contributed by atoms with Crippen molar-refractivity contribution >= 4 is 101 Å². The lowest BCUT2D eigenvalue weighted by Crippen LogP contribution is -2.61. The van der Waals surface area contributed by atoms with E-state index in [0.29, 0.717) is 50.0 Å². The number of anilines is 6. The van der Waals surface area contributed by atoms with Crippen LogP contribution in [0.1, 0.15) is 298 Å². The molecule has 5 heteroatoms. The zero-order valence-electron chi connectivity index (χ0n) is 106. The predicted octanol–water partition coefficient (Wildman–Crippen LogP) is 33.3. The first kappa shape index (κ1) is 62.6. The summed E-state index contributed by atoms with van der Waals surface area (Å²) in [6.45, 7) is 59.3. The second-order valence-electron chi connectivity index (χ2n) is 46.1. The third-order valence-electron chi connectivity index (χ3n) is 26.0. The lowest BCUT2D eigenvalue weighted by molar-refractivity contribution is 0.568. The first-order chi connectivity index (χ1) is 70.8. The summed E-state index contributed by atoms with van der Waals surface area (Å²) >= 11 is 0. The first-order valence-electron chi connectivity index (χ1n) is 57.9. The van der Waals surface area contributed by atoms with E-state index in [1.807, 2.05) is 116 Å². The molecular weight excluding hydrogens is 1560 g/mol. The largest absolute Gasteiger partial charge is 0.310 e. The van der Waals surface area contributed by atoms with Crippen LogP contribution in [0.5, 0.6) is 0 Å². The van der Waals surface area contributed by atoms with Gasteiger partial charge in [-0.2, -0.15) is 0 Å². The summed E-state index contributed by atoms with van der Waals surface area (Å²) in [6.07, 6.45) is 0. The Hall–Kier alpha value is -11.7. The molecule has 2 aliphatic heterocycles. The fourth-order valence-electron chi connectivity index (χ4n) is 18.7. The summed E-state index contributed by atoms with van der Waals surface area (Å²) in [4.78, 5) is 3.97. The van der Waals surface area contributed by atoms with E-state index in [-0.39, 0.29) is 141 Å². The number of para-hydroxylation sites is 4. The molecular formula is C124H135BN4. The average Bonchev–Trinajstić information content (AvgIpc) is 0.949. The molecule has 0 fully saturated rings. The van der Waals surface area contributed by atoms with E-state index < -0.39 is 193 Å². The van der Waals surface area contributed by atoms with Crippen LogP contribution in [0.25, 0.3) is 111 Å². The van der Waals surface area contributed by atoms with Crippen LogP contribution in [0.4, 0.5) is 34.1 Å². The van der Waals surface area contributed by atoms with Gasteiger partial charge in [0.05, 0.1) is 73.4 Å². The van der Waals surface area contributed by atoms with Crippen LogP contribution in [0.2, 0.25) is 0 Å². The summed E-state index contributed by atoms with van der Waals surface area (Å²) in [5.74, 6) is 0. The number of aromatic nitrogens is 2. The van der Waals surface area contributed by atoms with Gasteiger partial charge in [0.15, 0.2) is 0 Å². The Labute approximate surface area is 807 Å². The zero-order valence-corrected chi connectivity index (χ0v) is 80.9. The van der Waals surface area contributed by atoms with Gasteiger partial charge in [0.2, 0.25) is 0 Å². The normalized spacial score (nSPS) is 16.5. The van der Waals surface area contributed by atoms with Crippen molar-refractivity contribution in [2.75, 3.05) is 9.80 Å². The van der Waals surface area contributed by atoms with Crippen molar-refractivity contribution in [2.45, 2.75) is 262 Å².